The third-order valence-corrected chi connectivity index (χ3v) is 2.29. The zero-order chi connectivity index (χ0) is 14.1. The third-order valence-electron chi connectivity index (χ3n) is 2.29. The fourth-order valence-corrected chi connectivity index (χ4v) is 1.33. The van der Waals surface area contributed by atoms with Gasteiger partial charge in [0.25, 0.3) is 0 Å². The maximum atomic E-state index is 12.5. The first-order valence-electron chi connectivity index (χ1n) is 4.80. The van der Waals surface area contributed by atoms with Gasteiger partial charge in [0, 0.05) is 12.6 Å². The van der Waals surface area contributed by atoms with Crippen LogP contribution in [0.1, 0.15) is 22.7 Å². The Bertz CT molecular complexity index is 391. The van der Waals surface area contributed by atoms with Crippen molar-refractivity contribution in [3.05, 3.63) is 34.9 Å². The molecule has 0 saturated carbocycles. The molecule has 0 bridgehead atoms. The van der Waals surface area contributed by atoms with Crippen LogP contribution >= 0.6 is 0 Å². The lowest BCUT2D eigenvalue weighted by Crippen LogP contribution is -2.22. The summed E-state index contributed by atoms with van der Waals surface area (Å²) in [5.41, 5.74) is 7.42. The molecule has 0 aliphatic rings. The average Bonchev–Trinajstić information content (AvgIpc) is 2.25. The van der Waals surface area contributed by atoms with Crippen molar-refractivity contribution < 1.29 is 26.3 Å². The number of benzene rings is 1. The molecule has 8 heteroatoms. The maximum Gasteiger partial charge on any atom is 0.416 e. The zero-order valence-corrected chi connectivity index (χ0v) is 8.94. The summed E-state index contributed by atoms with van der Waals surface area (Å²) in [4.78, 5) is 0. The van der Waals surface area contributed by atoms with E-state index in [-0.39, 0.29) is 18.2 Å². The van der Waals surface area contributed by atoms with Gasteiger partial charge in [-0.1, -0.05) is 0 Å². The van der Waals surface area contributed by atoms with E-state index in [2.05, 4.69) is 0 Å². The van der Waals surface area contributed by atoms with Gasteiger partial charge in [-0.2, -0.15) is 26.3 Å². The molecule has 1 atom stereocenters. The molecular formula is C10H10F6N2. The minimum Gasteiger partial charge on any atom is -0.329 e. The van der Waals surface area contributed by atoms with E-state index in [4.69, 9.17) is 11.5 Å². The van der Waals surface area contributed by atoms with Gasteiger partial charge >= 0.3 is 12.4 Å². The molecule has 0 heterocycles. The number of alkyl halides is 6. The summed E-state index contributed by atoms with van der Waals surface area (Å²) in [6.07, 6.45) is -9.74. The van der Waals surface area contributed by atoms with Crippen LogP contribution in [-0.2, 0) is 12.4 Å². The number of rotatable bonds is 2. The normalized spacial score (nSPS) is 14.7. The highest BCUT2D eigenvalue weighted by molar-refractivity contribution is 5.35. The van der Waals surface area contributed by atoms with E-state index in [9.17, 15) is 26.3 Å². The Morgan fingerprint density at radius 1 is 0.889 bits per heavy atom. The molecule has 0 aliphatic carbocycles. The fourth-order valence-electron chi connectivity index (χ4n) is 1.33. The van der Waals surface area contributed by atoms with Gasteiger partial charge in [0.2, 0.25) is 0 Å². The lowest BCUT2D eigenvalue weighted by molar-refractivity contribution is -0.143. The van der Waals surface area contributed by atoms with E-state index in [0.717, 1.165) is 0 Å². The van der Waals surface area contributed by atoms with Gasteiger partial charge in [0.15, 0.2) is 0 Å². The Balaban J connectivity index is 3.39. The quantitative estimate of drug-likeness (QED) is 0.813. The summed E-state index contributed by atoms with van der Waals surface area (Å²) in [5.74, 6) is 0. The van der Waals surface area contributed by atoms with Gasteiger partial charge in [-0.25, -0.2) is 0 Å². The summed E-state index contributed by atoms with van der Waals surface area (Å²) in [6, 6.07) is 0.125. The second kappa shape index (κ2) is 4.77. The van der Waals surface area contributed by atoms with E-state index >= 15 is 0 Å². The Hall–Kier alpha value is -1.28. The van der Waals surface area contributed by atoms with Crippen LogP contribution < -0.4 is 11.5 Å². The van der Waals surface area contributed by atoms with Crippen molar-refractivity contribution in [2.24, 2.45) is 11.5 Å². The molecule has 0 aliphatic heterocycles. The molecule has 0 amide bonds. The summed E-state index contributed by atoms with van der Waals surface area (Å²) >= 11 is 0. The number of halogens is 6. The van der Waals surface area contributed by atoms with Gasteiger partial charge in [0.1, 0.15) is 0 Å². The molecule has 1 unspecified atom stereocenters. The van der Waals surface area contributed by atoms with Gasteiger partial charge in [0.05, 0.1) is 11.1 Å². The van der Waals surface area contributed by atoms with Crippen molar-refractivity contribution in [1.82, 2.24) is 0 Å². The van der Waals surface area contributed by atoms with Gasteiger partial charge in [-0.05, 0) is 23.8 Å². The van der Waals surface area contributed by atoms with Crippen LogP contribution in [0.5, 0.6) is 0 Å². The van der Waals surface area contributed by atoms with E-state index in [1.807, 2.05) is 0 Å². The largest absolute Gasteiger partial charge is 0.416 e. The smallest absolute Gasteiger partial charge is 0.329 e. The summed E-state index contributed by atoms with van der Waals surface area (Å²) in [5, 5.41) is 0. The number of hydrogen-bond acceptors (Lipinski definition) is 2. The first-order valence-corrected chi connectivity index (χ1v) is 4.80. The molecular weight excluding hydrogens is 262 g/mol. The Labute approximate surface area is 98.6 Å². The molecule has 1 aromatic rings. The van der Waals surface area contributed by atoms with Crippen LogP contribution in [0.2, 0.25) is 0 Å². The van der Waals surface area contributed by atoms with Crippen LogP contribution in [0.25, 0.3) is 0 Å². The van der Waals surface area contributed by atoms with Gasteiger partial charge < -0.3 is 11.5 Å². The molecule has 102 valence electrons. The van der Waals surface area contributed by atoms with E-state index in [1.165, 1.54) is 0 Å². The molecule has 1 aromatic carbocycles. The van der Waals surface area contributed by atoms with Crippen molar-refractivity contribution in [3.8, 4) is 0 Å². The minimum absolute atomic E-state index is 0.0484. The number of hydrogen-bond donors (Lipinski definition) is 2. The predicted molar refractivity (Wildman–Crippen MR) is 52.4 cm³/mol. The highest BCUT2D eigenvalue weighted by Gasteiger charge is 2.37. The Morgan fingerprint density at radius 3 is 1.56 bits per heavy atom. The lowest BCUT2D eigenvalue weighted by atomic mass is 10.00. The Kier molecular flexibility index (Phi) is 3.92. The highest BCUT2D eigenvalue weighted by Crippen LogP contribution is 2.37. The van der Waals surface area contributed by atoms with Crippen LogP contribution in [-0.4, -0.2) is 6.54 Å². The molecule has 0 spiro atoms. The molecule has 0 saturated heterocycles. The minimum atomic E-state index is -4.87. The van der Waals surface area contributed by atoms with Crippen molar-refractivity contribution >= 4 is 0 Å². The molecule has 1 rings (SSSR count). The SMILES string of the molecule is NCC(N)c1cc(C(F)(F)F)cc(C(F)(F)F)c1. The van der Waals surface area contributed by atoms with Gasteiger partial charge in [-0.15, -0.1) is 0 Å². The average molecular weight is 272 g/mol. The van der Waals surface area contributed by atoms with Gasteiger partial charge in [-0.3, -0.25) is 0 Å². The van der Waals surface area contributed by atoms with Crippen LogP contribution in [0.3, 0.4) is 0 Å². The second-order valence-corrected chi connectivity index (χ2v) is 3.68. The van der Waals surface area contributed by atoms with Crippen molar-refractivity contribution in [1.29, 1.82) is 0 Å². The van der Waals surface area contributed by atoms with Crippen LogP contribution in [0.15, 0.2) is 18.2 Å². The second-order valence-electron chi connectivity index (χ2n) is 3.68. The van der Waals surface area contributed by atoms with Crippen molar-refractivity contribution in [3.63, 3.8) is 0 Å². The van der Waals surface area contributed by atoms with E-state index in [1.54, 1.807) is 0 Å². The topological polar surface area (TPSA) is 52.0 Å². The van der Waals surface area contributed by atoms with E-state index < -0.39 is 29.5 Å². The van der Waals surface area contributed by atoms with Crippen molar-refractivity contribution in [2.75, 3.05) is 6.54 Å². The molecule has 4 N–H and O–H groups in total. The number of nitrogens with two attached hydrogens (primary N) is 2. The standard InChI is InChI=1S/C10H10F6N2/c11-9(12,13)6-1-5(8(18)4-17)2-7(3-6)10(14,15)16/h1-3,8H,4,17-18H2. The summed E-state index contributed by atoms with van der Waals surface area (Å²) in [7, 11) is 0. The molecule has 0 fully saturated rings. The molecule has 2 nitrogen and oxygen atoms in total. The van der Waals surface area contributed by atoms with Crippen LogP contribution in [0.4, 0.5) is 26.3 Å². The first-order chi connectivity index (χ1) is 8.05. The monoisotopic (exact) mass is 272 g/mol. The lowest BCUT2D eigenvalue weighted by Gasteiger charge is -2.16. The fraction of sp³-hybridized carbons (Fsp3) is 0.400. The first kappa shape index (κ1) is 14.8. The zero-order valence-electron chi connectivity index (χ0n) is 8.94. The summed E-state index contributed by atoms with van der Waals surface area (Å²) < 4.78 is 74.8. The third kappa shape index (κ3) is 3.36. The molecule has 0 aromatic heterocycles. The highest BCUT2D eigenvalue weighted by atomic mass is 19.4. The predicted octanol–water partition coefficient (Wildman–Crippen LogP) is 2.68. The Morgan fingerprint density at radius 2 is 1.28 bits per heavy atom. The molecule has 0 radical (unpaired) electrons. The summed E-state index contributed by atoms with van der Waals surface area (Å²) in [6.45, 7) is -0.251. The maximum absolute atomic E-state index is 12.5. The van der Waals surface area contributed by atoms with E-state index in [0.29, 0.717) is 12.1 Å². The van der Waals surface area contributed by atoms with Crippen LogP contribution in [0, 0.1) is 0 Å². The molecule has 18 heavy (non-hydrogen) atoms. The van der Waals surface area contributed by atoms with Crippen molar-refractivity contribution in [2.45, 2.75) is 18.4 Å².